The van der Waals surface area contributed by atoms with Gasteiger partial charge in [-0.1, -0.05) is 171 Å². The summed E-state index contributed by atoms with van der Waals surface area (Å²) in [6.07, 6.45) is 21.5. The lowest BCUT2D eigenvalue weighted by Crippen LogP contribution is -1.96. The quantitative estimate of drug-likeness (QED) is 0.123. The van der Waals surface area contributed by atoms with Gasteiger partial charge in [0, 0.05) is 0 Å². The zero-order valence-corrected chi connectivity index (χ0v) is 26.0. The van der Waals surface area contributed by atoms with Crippen LogP contribution < -0.4 is 0 Å². The SMILES string of the molecule is C=Cc1c(C=C)c(-c2ccc(/C=C/c3ccccc3)cc2)c2cc3ccccc3cc2c1-c1ccc(/C=C/C2=CC=CCC2)cc1. The Morgan fingerprint density at radius 3 is 1.46 bits per heavy atom. The highest BCUT2D eigenvalue weighted by molar-refractivity contribution is 6.15. The third kappa shape index (κ3) is 5.86. The summed E-state index contributed by atoms with van der Waals surface area (Å²) in [5.41, 5.74) is 11.8. The molecule has 0 radical (unpaired) electrons. The molecule has 0 heterocycles. The second kappa shape index (κ2) is 13.1. The van der Waals surface area contributed by atoms with E-state index in [0.717, 1.165) is 35.1 Å². The number of rotatable bonds is 8. The van der Waals surface area contributed by atoms with E-state index in [1.807, 2.05) is 18.2 Å². The van der Waals surface area contributed by atoms with E-state index in [9.17, 15) is 0 Å². The minimum absolute atomic E-state index is 1.09. The third-order valence-corrected chi connectivity index (χ3v) is 8.86. The number of fused-ring (bicyclic) bond motifs is 2. The Bertz CT molecular complexity index is 2180. The molecule has 0 saturated heterocycles. The van der Waals surface area contributed by atoms with E-state index in [4.69, 9.17) is 0 Å². The highest BCUT2D eigenvalue weighted by atomic mass is 14.2. The van der Waals surface area contributed by atoms with Crippen LogP contribution in [-0.4, -0.2) is 0 Å². The summed E-state index contributed by atoms with van der Waals surface area (Å²) in [5.74, 6) is 0. The average molecular weight is 589 g/mol. The van der Waals surface area contributed by atoms with Crippen molar-refractivity contribution in [2.24, 2.45) is 0 Å². The lowest BCUT2D eigenvalue weighted by atomic mass is 9.82. The van der Waals surface area contributed by atoms with Gasteiger partial charge in [0.1, 0.15) is 0 Å². The zero-order valence-electron chi connectivity index (χ0n) is 26.0. The van der Waals surface area contributed by atoms with Crippen molar-refractivity contribution in [3.05, 3.63) is 186 Å². The molecule has 0 amide bonds. The number of hydrogen-bond donors (Lipinski definition) is 0. The molecule has 0 N–H and O–H groups in total. The molecule has 0 bridgehead atoms. The lowest BCUT2D eigenvalue weighted by Gasteiger charge is -2.21. The van der Waals surface area contributed by atoms with Crippen LogP contribution in [0, 0.1) is 0 Å². The maximum absolute atomic E-state index is 4.32. The van der Waals surface area contributed by atoms with Crippen LogP contribution in [0.3, 0.4) is 0 Å². The van der Waals surface area contributed by atoms with E-state index in [1.54, 1.807) is 0 Å². The summed E-state index contributed by atoms with van der Waals surface area (Å²) >= 11 is 0. The number of benzene rings is 6. The van der Waals surface area contributed by atoms with Gasteiger partial charge < -0.3 is 0 Å². The fraction of sp³-hybridized carbons (Fsp3) is 0.0435. The van der Waals surface area contributed by atoms with Crippen LogP contribution in [0.5, 0.6) is 0 Å². The van der Waals surface area contributed by atoms with Crippen LogP contribution >= 0.6 is 0 Å². The summed E-state index contributed by atoms with van der Waals surface area (Å²) < 4.78 is 0. The second-order valence-corrected chi connectivity index (χ2v) is 11.8. The van der Waals surface area contributed by atoms with E-state index in [2.05, 4.69) is 165 Å². The van der Waals surface area contributed by atoms with Crippen molar-refractivity contribution in [1.82, 2.24) is 0 Å². The minimum Gasteiger partial charge on any atom is -0.0984 e. The summed E-state index contributed by atoms with van der Waals surface area (Å²) in [7, 11) is 0. The second-order valence-electron chi connectivity index (χ2n) is 11.8. The molecule has 0 aromatic heterocycles. The first kappa shape index (κ1) is 29.0. The van der Waals surface area contributed by atoms with Crippen molar-refractivity contribution in [1.29, 1.82) is 0 Å². The fourth-order valence-electron chi connectivity index (χ4n) is 6.50. The van der Waals surface area contributed by atoms with Gasteiger partial charge in [-0.2, -0.15) is 0 Å². The van der Waals surface area contributed by atoms with Crippen molar-refractivity contribution in [2.75, 3.05) is 0 Å². The molecule has 6 aromatic carbocycles. The number of hydrogen-bond acceptors (Lipinski definition) is 0. The standard InChI is InChI=1S/C46H36/c1-3-41-42(4-2)46(38-29-25-36(26-30-38)22-20-34-15-9-6-10-16-34)44-32-40-18-12-11-17-39(40)31-43(44)45(41)37-27-23-35(24-28-37)21-19-33-13-7-5-8-14-33/h3-9,11-15,17-32H,1-2,10,16H2/b21-19+,22-20+. The van der Waals surface area contributed by atoms with E-state index < -0.39 is 0 Å². The van der Waals surface area contributed by atoms with Crippen LogP contribution in [0.25, 0.3) is 74.2 Å². The van der Waals surface area contributed by atoms with Crippen molar-refractivity contribution < 1.29 is 0 Å². The van der Waals surface area contributed by atoms with E-state index >= 15 is 0 Å². The largest absolute Gasteiger partial charge is 0.0984 e. The molecule has 0 heteroatoms. The van der Waals surface area contributed by atoms with E-state index in [0.29, 0.717) is 0 Å². The first-order chi connectivity index (χ1) is 22.7. The van der Waals surface area contributed by atoms with Gasteiger partial charge >= 0.3 is 0 Å². The Morgan fingerprint density at radius 2 is 0.978 bits per heavy atom. The smallest absolute Gasteiger partial charge is 0.00264 e. The van der Waals surface area contributed by atoms with Crippen LogP contribution in [0.4, 0.5) is 0 Å². The minimum atomic E-state index is 1.09. The molecule has 46 heavy (non-hydrogen) atoms. The number of allylic oxidation sites excluding steroid dienone is 5. The predicted octanol–water partition coefficient (Wildman–Crippen LogP) is 13.1. The van der Waals surface area contributed by atoms with Gasteiger partial charge in [-0.05, 0) is 102 Å². The molecule has 1 aliphatic carbocycles. The van der Waals surface area contributed by atoms with Gasteiger partial charge in [0.05, 0.1) is 0 Å². The Hall–Kier alpha value is -5.72. The molecule has 0 fully saturated rings. The Kier molecular flexibility index (Phi) is 8.26. The Morgan fingerprint density at radius 1 is 0.500 bits per heavy atom. The van der Waals surface area contributed by atoms with Gasteiger partial charge in [-0.25, -0.2) is 0 Å². The molecule has 0 atom stereocenters. The average Bonchev–Trinajstić information content (AvgIpc) is 3.12. The predicted molar refractivity (Wildman–Crippen MR) is 203 cm³/mol. The van der Waals surface area contributed by atoms with Crippen molar-refractivity contribution >= 4 is 51.9 Å². The third-order valence-electron chi connectivity index (χ3n) is 8.86. The first-order valence-electron chi connectivity index (χ1n) is 16.0. The molecule has 220 valence electrons. The van der Waals surface area contributed by atoms with Crippen LogP contribution in [0.2, 0.25) is 0 Å². The molecule has 0 saturated carbocycles. The van der Waals surface area contributed by atoms with Crippen molar-refractivity contribution in [2.45, 2.75) is 12.8 Å². The maximum Gasteiger partial charge on any atom is -0.00264 e. The Balaban J connectivity index is 1.37. The highest BCUT2D eigenvalue weighted by Crippen LogP contribution is 2.44. The maximum atomic E-state index is 4.32. The summed E-state index contributed by atoms with van der Waals surface area (Å²) in [6, 6.07) is 41.5. The zero-order chi connectivity index (χ0) is 31.3. The molecule has 0 unspecified atom stereocenters. The summed E-state index contributed by atoms with van der Waals surface area (Å²) in [6.45, 7) is 8.63. The van der Waals surface area contributed by atoms with Crippen molar-refractivity contribution in [3.8, 4) is 22.3 Å². The molecule has 6 aromatic rings. The molecule has 0 aliphatic heterocycles. The van der Waals surface area contributed by atoms with E-state index in [1.165, 1.54) is 54.9 Å². The van der Waals surface area contributed by atoms with Gasteiger partial charge in [0.2, 0.25) is 0 Å². The lowest BCUT2D eigenvalue weighted by molar-refractivity contribution is 0.992. The monoisotopic (exact) mass is 588 g/mol. The topological polar surface area (TPSA) is 0 Å². The fourth-order valence-corrected chi connectivity index (χ4v) is 6.50. The Labute approximate surface area is 272 Å². The highest BCUT2D eigenvalue weighted by Gasteiger charge is 2.19. The van der Waals surface area contributed by atoms with Crippen LogP contribution in [-0.2, 0) is 0 Å². The summed E-state index contributed by atoms with van der Waals surface area (Å²) in [5, 5.41) is 4.87. The molecule has 1 aliphatic rings. The van der Waals surface area contributed by atoms with Gasteiger partial charge in [0.25, 0.3) is 0 Å². The summed E-state index contributed by atoms with van der Waals surface area (Å²) in [4.78, 5) is 0. The van der Waals surface area contributed by atoms with Crippen LogP contribution in [0.15, 0.2) is 158 Å². The van der Waals surface area contributed by atoms with Crippen LogP contribution in [0.1, 0.15) is 40.7 Å². The van der Waals surface area contributed by atoms with E-state index in [-0.39, 0.29) is 0 Å². The first-order valence-corrected chi connectivity index (χ1v) is 16.0. The van der Waals surface area contributed by atoms with Gasteiger partial charge in [-0.15, -0.1) is 0 Å². The van der Waals surface area contributed by atoms with Gasteiger partial charge in [0.15, 0.2) is 0 Å². The molecule has 7 rings (SSSR count). The molecule has 0 spiro atoms. The van der Waals surface area contributed by atoms with Crippen molar-refractivity contribution in [3.63, 3.8) is 0 Å². The van der Waals surface area contributed by atoms with Gasteiger partial charge in [-0.3, -0.25) is 0 Å². The molecule has 0 nitrogen and oxygen atoms in total. The molecular formula is C46H36. The molecular weight excluding hydrogens is 553 g/mol. The normalized spacial score (nSPS) is 13.1.